The highest BCUT2D eigenvalue weighted by atomic mass is 35.5. The first-order valence-electron chi connectivity index (χ1n) is 7.26. The number of likely N-dealkylation sites (tertiary alicyclic amines) is 1. The molecule has 1 aromatic carbocycles. The van der Waals surface area contributed by atoms with Crippen LogP contribution in [0.5, 0.6) is 0 Å². The van der Waals surface area contributed by atoms with Crippen molar-refractivity contribution in [3.05, 3.63) is 34.9 Å². The van der Waals surface area contributed by atoms with Gasteiger partial charge in [0.05, 0.1) is 6.10 Å². The highest BCUT2D eigenvalue weighted by molar-refractivity contribution is 6.30. The molecule has 3 rings (SSSR count). The van der Waals surface area contributed by atoms with Crippen molar-refractivity contribution in [3.8, 4) is 0 Å². The number of benzene rings is 1. The van der Waals surface area contributed by atoms with E-state index in [1.54, 1.807) is 7.11 Å². The minimum absolute atomic E-state index is 0.176. The molecule has 0 bridgehead atoms. The smallest absolute Gasteiger partial charge is 0.226 e. The summed E-state index contributed by atoms with van der Waals surface area (Å²) in [5.41, 5.74) is 1.24. The number of halogens is 1. The van der Waals surface area contributed by atoms with Gasteiger partial charge < -0.3 is 9.64 Å². The van der Waals surface area contributed by atoms with E-state index in [2.05, 4.69) is 0 Å². The monoisotopic (exact) mass is 293 g/mol. The zero-order valence-corrected chi connectivity index (χ0v) is 12.5. The van der Waals surface area contributed by atoms with Crippen molar-refractivity contribution in [3.63, 3.8) is 0 Å². The summed E-state index contributed by atoms with van der Waals surface area (Å²) >= 11 is 5.90. The first-order valence-corrected chi connectivity index (χ1v) is 7.64. The van der Waals surface area contributed by atoms with E-state index in [1.165, 1.54) is 5.56 Å². The van der Waals surface area contributed by atoms with E-state index in [0.717, 1.165) is 37.4 Å². The third kappa shape index (κ3) is 2.84. The number of amides is 1. The standard InChI is InChI=1S/C16H20ClNO2/c1-20-13-6-8-18(9-7-13)16(19)15-10-14(15)11-2-4-12(17)5-3-11/h2-5,13-15H,6-10H2,1H3/t14-,15-/m1/s1. The van der Waals surface area contributed by atoms with Crippen LogP contribution in [0, 0.1) is 5.92 Å². The number of rotatable bonds is 3. The molecule has 0 N–H and O–H groups in total. The Bertz CT molecular complexity index is 480. The molecule has 1 saturated carbocycles. The van der Waals surface area contributed by atoms with Crippen LogP contribution in [-0.2, 0) is 9.53 Å². The second kappa shape index (κ2) is 5.74. The number of ether oxygens (including phenoxy) is 1. The van der Waals surface area contributed by atoms with Crippen LogP contribution in [0.2, 0.25) is 5.02 Å². The highest BCUT2D eigenvalue weighted by Crippen LogP contribution is 2.48. The quantitative estimate of drug-likeness (QED) is 0.857. The van der Waals surface area contributed by atoms with Crippen molar-refractivity contribution in [1.82, 2.24) is 4.90 Å². The van der Waals surface area contributed by atoms with Gasteiger partial charge in [0.1, 0.15) is 0 Å². The molecule has 0 spiro atoms. The van der Waals surface area contributed by atoms with E-state index in [0.29, 0.717) is 17.9 Å². The predicted molar refractivity (Wildman–Crippen MR) is 78.9 cm³/mol. The summed E-state index contributed by atoms with van der Waals surface area (Å²) in [5, 5.41) is 0.749. The van der Waals surface area contributed by atoms with Gasteiger partial charge in [0.15, 0.2) is 0 Å². The maximum atomic E-state index is 12.5. The lowest BCUT2D eigenvalue weighted by atomic mass is 10.1. The molecular formula is C16H20ClNO2. The third-order valence-electron chi connectivity index (χ3n) is 4.49. The van der Waals surface area contributed by atoms with E-state index in [9.17, 15) is 4.79 Å². The lowest BCUT2D eigenvalue weighted by Gasteiger charge is -2.31. The molecule has 2 aliphatic rings. The molecule has 1 heterocycles. The van der Waals surface area contributed by atoms with Crippen molar-refractivity contribution < 1.29 is 9.53 Å². The van der Waals surface area contributed by atoms with E-state index >= 15 is 0 Å². The fourth-order valence-corrected chi connectivity index (χ4v) is 3.22. The molecule has 20 heavy (non-hydrogen) atoms. The molecule has 108 valence electrons. The van der Waals surface area contributed by atoms with Gasteiger partial charge in [-0.2, -0.15) is 0 Å². The molecule has 0 unspecified atom stereocenters. The van der Waals surface area contributed by atoms with Crippen LogP contribution in [0.25, 0.3) is 0 Å². The summed E-state index contributed by atoms with van der Waals surface area (Å²) in [5.74, 6) is 0.884. The lowest BCUT2D eigenvalue weighted by Crippen LogP contribution is -2.41. The van der Waals surface area contributed by atoms with Crippen LogP contribution in [0.1, 0.15) is 30.7 Å². The Morgan fingerprint density at radius 1 is 1.25 bits per heavy atom. The minimum atomic E-state index is 0.176. The fraction of sp³-hybridized carbons (Fsp3) is 0.562. The van der Waals surface area contributed by atoms with Crippen LogP contribution in [-0.4, -0.2) is 37.1 Å². The molecule has 1 aromatic rings. The normalized spacial score (nSPS) is 26.6. The van der Waals surface area contributed by atoms with Crippen LogP contribution < -0.4 is 0 Å². The Kier molecular flexibility index (Phi) is 3.99. The van der Waals surface area contributed by atoms with Crippen molar-refractivity contribution >= 4 is 17.5 Å². The van der Waals surface area contributed by atoms with Crippen LogP contribution in [0.3, 0.4) is 0 Å². The van der Waals surface area contributed by atoms with E-state index < -0.39 is 0 Å². The second-order valence-electron chi connectivity index (χ2n) is 5.76. The third-order valence-corrected chi connectivity index (χ3v) is 4.74. The number of piperidine rings is 1. The van der Waals surface area contributed by atoms with Gasteiger partial charge in [-0.3, -0.25) is 4.79 Å². The molecule has 2 fully saturated rings. The number of hydrogen-bond acceptors (Lipinski definition) is 2. The molecule has 3 nitrogen and oxygen atoms in total. The van der Waals surface area contributed by atoms with E-state index in [-0.39, 0.29) is 5.92 Å². The highest BCUT2D eigenvalue weighted by Gasteiger charge is 2.46. The van der Waals surface area contributed by atoms with Gasteiger partial charge in [0.25, 0.3) is 0 Å². The zero-order chi connectivity index (χ0) is 14.1. The number of methoxy groups -OCH3 is 1. The topological polar surface area (TPSA) is 29.5 Å². The molecule has 1 saturated heterocycles. The van der Waals surface area contributed by atoms with E-state index in [1.807, 2.05) is 29.2 Å². The molecule has 0 radical (unpaired) electrons. The average Bonchev–Trinajstić information content (AvgIpc) is 3.28. The summed E-state index contributed by atoms with van der Waals surface area (Å²) in [6.45, 7) is 1.67. The molecule has 1 aliphatic carbocycles. The number of nitrogens with zero attached hydrogens (tertiary/aromatic N) is 1. The Morgan fingerprint density at radius 2 is 1.90 bits per heavy atom. The van der Waals surface area contributed by atoms with Crippen molar-refractivity contribution in [2.24, 2.45) is 5.92 Å². The van der Waals surface area contributed by atoms with Gasteiger partial charge in [0, 0.05) is 31.1 Å². The van der Waals surface area contributed by atoms with Crippen molar-refractivity contribution in [2.45, 2.75) is 31.3 Å². The Hall–Kier alpha value is -1.06. The van der Waals surface area contributed by atoms with Gasteiger partial charge >= 0.3 is 0 Å². The summed E-state index contributed by atoms with van der Waals surface area (Å²) in [4.78, 5) is 14.5. The number of carbonyl (C=O) groups excluding carboxylic acids is 1. The first kappa shape index (κ1) is 13.9. The number of carbonyl (C=O) groups is 1. The first-order chi connectivity index (χ1) is 9.69. The SMILES string of the molecule is COC1CCN(C(=O)[C@@H]2C[C@@H]2c2ccc(Cl)cc2)CC1. The van der Waals surface area contributed by atoms with Crippen molar-refractivity contribution in [1.29, 1.82) is 0 Å². The summed E-state index contributed by atoms with van der Waals surface area (Å²) in [6.07, 6.45) is 3.22. The largest absolute Gasteiger partial charge is 0.381 e. The van der Waals surface area contributed by atoms with Gasteiger partial charge in [-0.25, -0.2) is 0 Å². The van der Waals surface area contributed by atoms with Crippen LogP contribution >= 0.6 is 11.6 Å². The average molecular weight is 294 g/mol. The molecular weight excluding hydrogens is 274 g/mol. The molecule has 2 atom stereocenters. The molecule has 1 aliphatic heterocycles. The van der Waals surface area contributed by atoms with Gasteiger partial charge in [0.2, 0.25) is 5.91 Å². The minimum Gasteiger partial charge on any atom is -0.381 e. The predicted octanol–water partition coefficient (Wildman–Crippen LogP) is 3.08. The van der Waals surface area contributed by atoms with Crippen LogP contribution in [0.4, 0.5) is 0 Å². The Labute approximate surface area is 124 Å². The van der Waals surface area contributed by atoms with Crippen molar-refractivity contribution in [2.75, 3.05) is 20.2 Å². The Morgan fingerprint density at radius 3 is 2.50 bits per heavy atom. The maximum Gasteiger partial charge on any atom is 0.226 e. The summed E-state index contributed by atoms with van der Waals surface area (Å²) in [7, 11) is 1.75. The van der Waals surface area contributed by atoms with Gasteiger partial charge in [-0.15, -0.1) is 0 Å². The fourth-order valence-electron chi connectivity index (χ4n) is 3.09. The summed E-state index contributed by atoms with van der Waals surface area (Å²) < 4.78 is 5.35. The second-order valence-corrected chi connectivity index (χ2v) is 6.20. The molecule has 4 heteroatoms. The molecule has 0 aromatic heterocycles. The summed E-state index contributed by atoms with van der Waals surface area (Å²) in [6, 6.07) is 7.89. The van der Waals surface area contributed by atoms with E-state index in [4.69, 9.17) is 16.3 Å². The van der Waals surface area contributed by atoms with Gasteiger partial charge in [-0.1, -0.05) is 23.7 Å². The molecule has 1 amide bonds. The maximum absolute atomic E-state index is 12.5. The lowest BCUT2D eigenvalue weighted by molar-refractivity contribution is -0.135. The van der Waals surface area contributed by atoms with Crippen LogP contribution in [0.15, 0.2) is 24.3 Å². The number of hydrogen-bond donors (Lipinski definition) is 0. The zero-order valence-electron chi connectivity index (χ0n) is 11.7. The van der Waals surface area contributed by atoms with Gasteiger partial charge in [-0.05, 0) is 42.9 Å². The Balaban J connectivity index is 1.56.